The van der Waals surface area contributed by atoms with Gasteiger partial charge in [0.2, 0.25) is 6.43 Å². The van der Waals surface area contributed by atoms with Crippen LogP contribution in [0.2, 0.25) is 0 Å². The summed E-state index contributed by atoms with van der Waals surface area (Å²) in [6.07, 6.45) is -2.44. The molecule has 0 spiro atoms. The smallest absolute Gasteiger partial charge is 0.240 e. The minimum Gasteiger partial charge on any atom is -0.314 e. The van der Waals surface area contributed by atoms with E-state index < -0.39 is 6.43 Å². The van der Waals surface area contributed by atoms with Gasteiger partial charge in [-0.1, -0.05) is 48.5 Å². The van der Waals surface area contributed by atoms with Gasteiger partial charge in [-0.2, -0.15) is 0 Å². The monoisotopic (exact) mass is 376 g/mol. The Bertz CT molecular complexity index is 878. The van der Waals surface area contributed by atoms with E-state index in [1.807, 2.05) is 24.3 Å². The van der Waals surface area contributed by atoms with Gasteiger partial charge in [0.05, 0.1) is 0 Å². The Hall–Kier alpha value is -1.75. The predicted octanol–water partition coefficient (Wildman–Crippen LogP) is 5.02. The first-order valence-corrected chi connectivity index (χ1v) is 8.87. The summed E-state index contributed by atoms with van der Waals surface area (Å²) < 4.78 is 26.8. The van der Waals surface area contributed by atoms with Gasteiger partial charge in [-0.25, -0.2) is 8.78 Å². The van der Waals surface area contributed by atoms with Gasteiger partial charge < -0.3 is 5.32 Å². The van der Waals surface area contributed by atoms with Gasteiger partial charge in [-0.15, -0.1) is 12.4 Å². The van der Waals surface area contributed by atoms with E-state index in [0.717, 1.165) is 47.9 Å². The zero-order valence-corrected chi connectivity index (χ0v) is 15.3. The second-order valence-corrected chi connectivity index (χ2v) is 6.66. The van der Waals surface area contributed by atoms with Crippen LogP contribution in [0.3, 0.4) is 0 Å². The number of alkyl halides is 2. The summed E-state index contributed by atoms with van der Waals surface area (Å²) >= 11 is 0. The molecule has 4 rings (SSSR count). The van der Waals surface area contributed by atoms with E-state index in [9.17, 15) is 8.78 Å². The molecule has 0 bridgehead atoms. The van der Waals surface area contributed by atoms with Crippen molar-refractivity contribution in [2.24, 2.45) is 0 Å². The van der Waals surface area contributed by atoms with Crippen LogP contribution in [0.5, 0.6) is 0 Å². The third-order valence-electron chi connectivity index (χ3n) is 5.15. The number of piperazine rings is 1. The fourth-order valence-electron chi connectivity index (χ4n) is 3.99. The van der Waals surface area contributed by atoms with Gasteiger partial charge in [0.15, 0.2) is 0 Å². The summed E-state index contributed by atoms with van der Waals surface area (Å²) in [6.45, 7) is 3.31. The van der Waals surface area contributed by atoms with Gasteiger partial charge in [-0.05, 0) is 33.2 Å². The van der Waals surface area contributed by atoms with E-state index in [4.69, 9.17) is 0 Å². The lowest BCUT2D eigenvalue weighted by atomic mass is 9.91. The van der Waals surface area contributed by atoms with Crippen LogP contribution in [-0.2, 0) is 0 Å². The van der Waals surface area contributed by atoms with Crippen LogP contribution in [0.25, 0.3) is 21.5 Å². The molecular weight excluding hydrogens is 354 g/mol. The van der Waals surface area contributed by atoms with E-state index in [1.165, 1.54) is 5.39 Å². The summed E-state index contributed by atoms with van der Waals surface area (Å²) in [5.74, 6) is 0. The zero-order valence-electron chi connectivity index (χ0n) is 14.5. The lowest BCUT2D eigenvalue weighted by Gasteiger charge is -2.36. The molecule has 1 N–H and O–H groups in total. The van der Waals surface area contributed by atoms with Crippen LogP contribution in [0.4, 0.5) is 8.78 Å². The van der Waals surface area contributed by atoms with Gasteiger partial charge in [-0.3, -0.25) is 4.90 Å². The van der Waals surface area contributed by atoms with E-state index in [0.29, 0.717) is 0 Å². The molecule has 1 heterocycles. The number of hydrogen-bond acceptors (Lipinski definition) is 2. The first-order valence-electron chi connectivity index (χ1n) is 8.87. The molecule has 1 fully saturated rings. The van der Waals surface area contributed by atoms with Gasteiger partial charge >= 0.3 is 0 Å². The summed E-state index contributed by atoms with van der Waals surface area (Å²) in [4.78, 5) is 2.21. The minimum absolute atomic E-state index is 0. The maximum atomic E-state index is 13.4. The number of nitrogens with one attached hydrogen (secondary N) is 1. The molecule has 5 heteroatoms. The molecule has 0 aliphatic carbocycles. The molecule has 1 aliphatic rings. The van der Waals surface area contributed by atoms with E-state index in [1.54, 1.807) is 0 Å². The summed E-state index contributed by atoms with van der Waals surface area (Å²) in [5, 5.41) is 7.84. The largest absolute Gasteiger partial charge is 0.314 e. The van der Waals surface area contributed by atoms with Crippen molar-refractivity contribution in [1.29, 1.82) is 0 Å². The van der Waals surface area contributed by atoms with Crippen molar-refractivity contribution in [3.8, 4) is 0 Å². The molecule has 1 atom stereocenters. The molecule has 0 radical (unpaired) electrons. The van der Waals surface area contributed by atoms with Crippen molar-refractivity contribution in [3.05, 3.63) is 60.2 Å². The molecule has 2 nitrogen and oxygen atoms in total. The van der Waals surface area contributed by atoms with Crippen molar-refractivity contribution in [3.63, 3.8) is 0 Å². The Kier molecular flexibility index (Phi) is 6.07. The highest BCUT2D eigenvalue weighted by Crippen LogP contribution is 2.36. The molecule has 26 heavy (non-hydrogen) atoms. The van der Waals surface area contributed by atoms with Crippen LogP contribution in [0.1, 0.15) is 18.0 Å². The van der Waals surface area contributed by atoms with Crippen LogP contribution in [-0.4, -0.2) is 37.5 Å². The van der Waals surface area contributed by atoms with Crippen LogP contribution in [0.15, 0.2) is 54.6 Å². The summed E-state index contributed by atoms with van der Waals surface area (Å²) in [6, 6.07) is 18.3. The standard InChI is InChI=1S/C21H22F2N2.ClH/c22-21(23)14-20(25-11-9-24-10-12-25)19-13-15-5-1-2-6-16(15)17-7-3-4-8-18(17)19;/h1-8,13,20-21,24H,9-12,14H2;1H/t20-;/m1./s1. The zero-order chi connectivity index (χ0) is 17.2. The lowest BCUT2D eigenvalue weighted by Crippen LogP contribution is -2.45. The predicted molar refractivity (Wildman–Crippen MR) is 107 cm³/mol. The fraction of sp³-hybridized carbons (Fsp3) is 0.333. The number of benzene rings is 3. The molecule has 0 unspecified atom stereocenters. The molecular formula is C21H23ClF2N2. The van der Waals surface area contributed by atoms with Gasteiger partial charge in [0.1, 0.15) is 0 Å². The number of rotatable bonds is 4. The SMILES string of the molecule is Cl.FC(F)C[C@H](c1cc2ccccc2c2ccccc12)N1CCNCC1. The van der Waals surface area contributed by atoms with Crippen molar-refractivity contribution in [2.45, 2.75) is 18.9 Å². The average molecular weight is 377 g/mol. The molecule has 138 valence electrons. The Morgan fingerprint density at radius 2 is 1.50 bits per heavy atom. The molecule has 3 aromatic carbocycles. The Morgan fingerprint density at radius 3 is 2.19 bits per heavy atom. The number of nitrogens with zero attached hydrogens (tertiary/aromatic N) is 1. The number of fused-ring (bicyclic) bond motifs is 3. The maximum Gasteiger partial charge on any atom is 0.240 e. The number of halogens is 3. The maximum absolute atomic E-state index is 13.4. The van der Waals surface area contributed by atoms with Crippen molar-refractivity contribution in [1.82, 2.24) is 10.2 Å². The number of hydrogen-bond donors (Lipinski definition) is 1. The van der Waals surface area contributed by atoms with Gasteiger partial charge in [0.25, 0.3) is 0 Å². The first kappa shape index (κ1) is 19.0. The molecule has 3 aromatic rings. The van der Waals surface area contributed by atoms with Crippen LogP contribution >= 0.6 is 12.4 Å². The van der Waals surface area contributed by atoms with Crippen molar-refractivity contribution < 1.29 is 8.78 Å². The minimum atomic E-state index is -2.31. The summed E-state index contributed by atoms with van der Waals surface area (Å²) in [7, 11) is 0. The summed E-state index contributed by atoms with van der Waals surface area (Å²) in [5.41, 5.74) is 1.02. The van der Waals surface area contributed by atoms with Crippen LogP contribution < -0.4 is 5.32 Å². The van der Waals surface area contributed by atoms with E-state index >= 15 is 0 Å². The Balaban J connectivity index is 0.00000196. The quantitative estimate of drug-likeness (QED) is 0.643. The average Bonchev–Trinajstić information content (AvgIpc) is 2.66. The van der Waals surface area contributed by atoms with Crippen molar-refractivity contribution >= 4 is 34.0 Å². The van der Waals surface area contributed by atoms with E-state index in [2.05, 4.69) is 40.5 Å². The molecule has 0 aromatic heterocycles. The first-order chi connectivity index (χ1) is 12.2. The molecule has 0 amide bonds. The lowest BCUT2D eigenvalue weighted by molar-refractivity contribution is 0.0745. The second-order valence-electron chi connectivity index (χ2n) is 6.66. The topological polar surface area (TPSA) is 15.3 Å². The highest BCUT2D eigenvalue weighted by atomic mass is 35.5. The highest BCUT2D eigenvalue weighted by molar-refractivity contribution is 6.09. The molecule has 1 aliphatic heterocycles. The third kappa shape index (κ3) is 3.68. The fourth-order valence-corrected chi connectivity index (χ4v) is 3.99. The highest BCUT2D eigenvalue weighted by Gasteiger charge is 2.27. The van der Waals surface area contributed by atoms with Gasteiger partial charge in [0, 0.05) is 38.6 Å². The van der Waals surface area contributed by atoms with Crippen LogP contribution in [0, 0.1) is 0 Å². The van der Waals surface area contributed by atoms with Crippen molar-refractivity contribution in [2.75, 3.05) is 26.2 Å². The second kappa shape index (κ2) is 8.30. The molecule has 0 saturated carbocycles. The normalized spacial score (nSPS) is 16.7. The third-order valence-corrected chi connectivity index (χ3v) is 5.15. The Labute approximate surface area is 158 Å². The Morgan fingerprint density at radius 1 is 0.885 bits per heavy atom. The van der Waals surface area contributed by atoms with E-state index in [-0.39, 0.29) is 24.9 Å². The molecule has 1 saturated heterocycles.